The molecule has 31 heavy (non-hydrogen) atoms. The Balaban J connectivity index is 1.72. The molecule has 1 aromatic carbocycles. The molecule has 1 N–H and O–H groups in total. The van der Waals surface area contributed by atoms with E-state index >= 15 is 0 Å². The molecular weight excluding hydrogens is 416 g/mol. The summed E-state index contributed by atoms with van der Waals surface area (Å²) in [5, 5.41) is 4.22. The molecule has 9 heteroatoms. The van der Waals surface area contributed by atoms with E-state index in [0.29, 0.717) is 22.8 Å². The number of hydrogen-bond acceptors (Lipinski definition) is 7. The van der Waals surface area contributed by atoms with Gasteiger partial charge in [0.2, 0.25) is 0 Å². The van der Waals surface area contributed by atoms with Crippen LogP contribution in [-0.2, 0) is 10.0 Å². The lowest BCUT2D eigenvalue weighted by atomic mass is 10.1. The van der Waals surface area contributed by atoms with Crippen LogP contribution in [0.15, 0.2) is 41.6 Å². The Bertz CT molecular complexity index is 1200. The first kappa shape index (κ1) is 21.5. The summed E-state index contributed by atoms with van der Waals surface area (Å²) in [5.41, 5.74) is 1.86. The molecule has 1 fully saturated rings. The molecule has 0 amide bonds. The zero-order valence-corrected chi connectivity index (χ0v) is 19.1. The maximum absolute atomic E-state index is 13.5. The molecule has 1 aliphatic rings. The first-order chi connectivity index (χ1) is 14.8. The van der Waals surface area contributed by atoms with E-state index in [9.17, 15) is 8.42 Å². The van der Waals surface area contributed by atoms with Gasteiger partial charge < -0.3 is 19.7 Å². The fourth-order valence-corrected chi connectivity index (χ4v) is 5.36. The second-order valence-electron chi connectivity index (χ2n) is 7.94. The molecule has 1 aliphatic heterocycles. The molecule has 1 saturated heterocycles. The molecule has 2 aromatic heterocycles. The van der Waals surface area contributed by atoms with E-state index in [-0.39, 0.29) is 10.9 Å². The Hall–Kier alpha value is -2.78. The number of rotatable bonds is 6. The zero-order valence-electron chi connectivity index (χ0n) is 18.3. The number of ether oxygens (including phenoxy) is 2. The number of benzene rings is 1. The number of piperidine rings is 1. The molecule has 0 atom stereocenters. The largest absolute Gasteiger partial charge is 0.495 e. The summed E-state index contributed by atoms with van der Waals surface area (Å²) < 4.78 is 39.0. The van der Waals surface area contributed by atoms with Crippen molar-refractivity contribution < 1.29 is 17.9 Å². The predicted molar refractivity (Wildman–Crippen MR) is 121 cm³/mol. The van der Waals surface area contributed by atoms with Crippen LogP contribution in [0.1, 0.15) is 18.4 Å². The van der Waals surface area contributed by atoms with E-state index in [1.54, 1.807) is 44.7 Å². The molecule has 0 unspecified atom stereocenters. The van der Waals surface area contributed by atoms with Crippen LogP contribution in [0.4, 0.5) is 5.69 Å². The van der Waals surface area contributed by atoms with Crippen LogP contribution in [0.25, 0.3) is 11.0 Å². The third-order valence-corrected chi connectivity index (χ3v) is 7.47. The van der Waals surface area contributed by atoms with Crippen LogP contribution < -0.4 is 14.8 Å². The van der Waals surface area contributed by atoms with E-state index < -0.39 is 10.0 Å². The third kappa shape index (κ3) is 4.07. The molecule has 0 spiro atoms. The average Bonchev–Trinajstić information content (AvgIpc) is 3.12. The molecular formula is C22H28N4O4S. The molecule has 0 saturated carbocycles. The number of nitrogens with one attached hydrogen (secondary N) is 1. The van der Waals surface area contributed by atoms with Crippen molar-refractivity contribution in [2.24, 2.45) is 0 Å². The monoisotopic (exact) mass is 444 g/mol. The van der Waals surface area contributed by atoms with Crippen LogP contribution >= 0.6 is 0 Å². The van der Waals surface area contributed by atoms with E-state index in [4.69, 9.17) is 9.47 Å². The fourth-order valence-electron chi connectivity index (χ4n) is 3.95. The molecule has 3 aromatic rings. The number of aryl methyl sites for hydroxylation is 1. The highest BCUT2D eigenvalue weighted by atomic mass is 32.2. The highest BCUT2D eigenvalue weighted by molar-refractivity contribution is 7.90. The molecule has 3 heterocycles. The van der Waals surface area contributed by atoms with Crippen LogP contribution in [0.5, 0.6) is 11.5 Å². The number of methoxy groups -OCH3 is 2. The van der Waals surface area contributed by atoms with Gasteiger partial charge in [0, 0.05) is 17.6 Å². The van der Waals surface area contributed by atoms with Crippen molar-refractivity contribution in [1.29, 1.82) is 0 Å². The number of fused-ring (bicyclic) bond motifs is 1. The number of hydrogen-bond donors (Lipinski definition) is 1. The summed E-state index contributed by atoms with van der Waals surface area (Å²) in [6, 6.07) is 6.98. The number of pyridine rings is 1. The van der Waals surface area contributed by atoms with Gasteiger partial charge in [0.1, 0.15) is 11.5 Å². The minimum Gasteiger partial charge on any atom is -0.495 e. The number of anilines is 1. The Labute approximate surface area is 182 Å². The first-order valence-electron chi connectivity index (χ1n) is 10.2. The van der Waals surface area contributed by atoms with Gasteiger partial charge in [-0.2, -0.15) is 0 Å². The first-order valence-corrected chi connectivity index (χ1v) is 11.7. The van der Waals surface area contributed by atoms with Crippen molar-refractivity contribution >= 4 is 26.7 Å². The second kappa shape index (κ2) is 8.39. The average molecular weight is 445 g/mol. The number of likely N-dealkylation sites (tertiary alicyclic amines) is 1. The van der Waals surface area contributed by atoms with Crippen LogP contribution in [0, 0.1) is 6.92 Å². The topological polar surface area (TPSA) is 85.7 Å². The highest BCUT2D eigenvalue weighted by Gasteiger charge is 2.24. The lowest BCUT2D eigenvalue weighted by molar-refractivity contribution is 0.263. The maximum atomic E-state index is 13.5. The fraction of sp³-hybridized carbons (Fsp3) is 0.409. The van der Waals surface area contributed by atoms with Gasteiger partial charge in [0.15, 0.2) is 5.65 Å². The summed E-state index contributed by atoms with van der Waals surface area (Å²) in [6.07, 6.45) is 5.10. The van der Waals surface area contributed by atoms with Gasteiger partial charge >= 0.3 is 0 Å². The molecule has 8 nitrogen and oxygen atoms in total. The lowest BCUT2D eigenvalue weighted by Gasteiger charge is -2.30. The van der Waals surface area contributed by atoms with Crippen LogP contribution in [-0.4, -0.2) is 62.7 Å². The van der Waals surface area contributed by atoms with Crippen LogP contribution in [0.2, 0.25) is 0 Å². The van der Waals surface area contributed by atoms with Gasteiger partial charge in [-0.25, -0.2) is 17.4 Å². The Morgan fingerprint density at radius 2 is 1.87 bits per heavy atom. The third-order valence-electron chi connectivity index (χ3n) is 5.83. The number of aromatic nitrogens is 2. The molecule has 0 aliphatic carbocycles. The van der Waals surface area contributed by atoms with E-state index in [2.05, 4.69) is 22.2 Å². The summed E-state index contributed by atoms with van der Waals surface area (Å²) in [7, 11) is 1.40. The minimum absolute atomic E-state index is 0.179. The highest BCUT2D eigenvalue weighted by Crippen LogP contribution is 2.32. The van der Waals surface area contributed by atoms with Gasteiger partial charge in [-0.15, -0.1) is 0 Å². The lowest BCUT2D eigenvalue weighted by Crippen LogP contribution is -2.36. The van der Waals surface area contributed by atoms with E-state index in [1.807, 2.05) is 6.92 Å². The van der Waals surface area contributed by atoms with Gasteiger partial charge in [0.05, 0.1) is 31.0 Å². The molecule has 0 radical (unpaired) electrons. The summed E-state index contributed by atoms with van der Waals surface area (Å²) >= 11 is 0. The quantitative estimate of drug-likeness (QED) is 0.625. The Morgan fingerprint density at radius 3 is 2.55 bits per heavy atom. The Kier molecular flexibility index (Phi) is 5.81. The summed E-state index contributed by atoms with van der Waals surface area (Å²) in [6.45, 7) is 3.86. The van der Waals surface area contributed by atoms with Crippen molar-refractivity contribution in [3.05, 3.63) is 42.2 Å². The van der Waals surface area contributed by atoms with Gasteiger partial charge in [-0.05, 0) is 69.7 Å². The Morgan fingerprint density at radius 1 is 1.13 bits per heavy atom. The van der Waals surface area contributed by atoms with Gasteiger partial charge in [-0.1, -0.05) is 0 Å². The molecule has 166 valence electrons. The second-order valence-corrected chi connectivity index (χ2v) is 9.76. The van der Waals surface area contributed by atoms with E-state index in [1.165, 1.54) is 10.2 Å². The van der Waals surface area contributed by atoms with Crippen molar-refractivity contribution in [3.8, 4) is 11.5 Å². The number of nitrogens with zero attached hydrogens (tertiary/aromatic N) is 3. The van der Waals surface area contributed by atoms with Crippen LogP contribution in [0.3, 0.4) is 0 Å². The minimum atomic E-state index is -3.85. The molecule has 4 rings (SSSR count). The summed E-state index contributed by atoms with van der Waals surface area (Å²) in [5.74, 6) is 1.20. The molecule has 0 bridgehead atoms. The van der Waals surface area contributed by atoms with Crippen molar-refractivity contribution in [1.82, 2.24) is 13.9 Å². The summed E-state index contributed by atoms with van der Waals surface area (Å²) in [4.78, 5) is 6.80. The van der Waals surface area contributed by atoms with Gasteiger partial charge in [0.25, 0.3) is 10.0 Å². The van der Waals surface area contributed by atoms with E-state index in [0.717, 1.165) is 36.9 Å². The predicted octanol–water partition coefficient (Wildman–Crippen LogP) is 3.11. The standard InChI is InChI=1S/C22H28N4O4S/c1-15-14-26(22-19(15)11-17(29-3)13-23-22)31(27,28)18-5-6-21(30-4)20(12-18)24-16-7-9-25(2)10-8-16/h5-6,11-14,16,24H,7-10H2,1-4H3. The van der Waals surface area contributed by atoms with Crippen molar-refractivity contribution in [2.45, 2.75) is 30.7 Å². The SMILES string of the molecule is COc1cnc2c(c1)c(C)cn2S(=O)(=O)c1ccc(OC)c(NC2CCN(C)CC2)c1. The normalized spacial score (nSPS) is 15.9. The van der Waals surface area contributed by atoms with Gasteiger partial charge in [-0.3, -0.25) is 0 Å². The smallest absolute Gasteiger partial charge is 0.269 e. The van der Waals surface area contributed by atoms with Crippen molar-refractivity contribution in [3.63, 3.8) is 0 Å². The zero-order chi connectivity index (χ0) is 22.2. The maximum Gasteiger partial charge on any atom is 0.269 e. The van der Waals surface area contributed by atoms with Crippen molar-refractivity contribution in [2.75, 3.05) is 39.7 Å².